The normalized spacial score (nSPS) is 25.7. The van der Waals surface area contributed by atoms with E-state index in [2.05, 4.69) is 25.5 Å². The van der Waals surface area contributed by atoms with Gasteiger partial charge in [-0.3, -0.25) is 9.59 Å². The van der Waals surface area contributed by atoms with Crippen molar-refractivity contribution in [1.29, 1.82) is 0 Å². The zero-order valence-corrected chi connectivity index (χ0v) is 18.3. The van der Waals surface area contributed by atoms with E-state index in [-0.39, 0.29) is 34.3 Å². The molecule has 8 heteroatoms. The molecule has 3 rings (SSSR count). The number of fused-ring (bicyclic) bond motifs is 2. The number of nitrogens with one attached hydrogen (secondary N) is 1. The molecule has 1 heterocycles. The van der Waals surface area contributed by atoms with Crippen molar-refractivity contribution >= 4 is 21.9 Å². The molecule has 0 spiro atoms. The minimum absolute atomic E-state index is 0.0761. The molecule has 1 N–H and O–H groups in total. The second-order valence-corrected chi connectivity index (χ2v) is 11.3. The third kappa shape index (κ3) is 5.17. The van der Waals surface area contributed by atoms with E-state index in [1.165, 1.54) is 12.1 Å². The molecule has 2 bridgehead atoms. The van der Waals surface area contributed by atoms with Crippen LogP contribution in [0.4, 0.5) is 0 Å². The van der Waals surface area contributed by atoms with Crippen LogP contribution in [-0.2, 0) is 24.3 Å². The number of aryl methyl sites for hydroxylation is 1. The molecule has 2 aliphatic rings. The van der Waals surface area contributed by atoms with E-state index in [0.717, 1.165) is 24.8 Å². The highest BCUT2D eigenvalue weighted by Crippen LogP contribution is 2.52. The highest BCUT2D eigenvalue weighted by Gasteiger charge is 2.50. The van der Waals surface area contributed by atoms with E-state index in [9.17, 15) is 18.0 Å². The van der Waals surface area contributed by atoms with E-state index in [1.54, 1.807) is 12.1 Å². The zero-order valence-electron chi connectivity index (χ0n) is 17.5. The average Bonchev–Trinajstić information content (AvgIpc) is 2.87. The molecular formula is C21H30N2O5S. The molecule has 160 valence electrons. The lowest BCUT2D eigenvalue weighted by molar-refractivity contribution is -0.151. The van der Waals surface area contributed by atoms with Crippen molar-refractivity contribution in [2.24, 2.45) is 10.8 Å². The molecule has 1 aromatic rings. The fraction of sp³-hybridized carbons (Fsp3) is 0.619. The topological polar surface area (TPSA) is 92.8 Å². The number of hydrogen-bond donors (Lipinski definition) is 1. The van der Waals surface area contributed by atoms with Crippen LogP contribution in [0, 0.1) is 17.8 Å². The predicted octanol–water partition coefficient (Wildman–Crippen LogP) is 2.24. The van der Waals surface area contributed by atoms with Crippen LogP contribution in [0.15, 0.2) is 29.2 Å². The molecule has 29 heavy (non-hydrogen) atoms. The van der Waals surface area contributed by atoms with Gasteiger partial charge in [-0.15, -0.1) is 0 Å². The number of esters is 1. The molecule has 0 aromatic heterocycles. The van der Waals surface area contributed by atoms with Crippen LogP contribution >= 0.6 is 0 Å². The number of sulfonamides is 1. The van der Waals surface area contributed by atoms with Crippen molar-refractivity contribution in [2.45, 2.75) is 57.9 Å². The Morgan fingerprint density at radius 1 is 1.17 bits per heavy atom. The van der Waals surface area contributed by atoms with E-state index in [1.807, 2.05) is 11.8 Å². The average molecular weight is 423 g/mol. The molecule has 0 unspecified atom stereocenters. The highest BCUT2D eigenvalue weighted by molar-refractivity contribution is 7.89. The van der Waals surface area contributed by atoms with Gasteiger partial charge in [0.2, 0.25) is 10.0 Å². The first-order chi connectivity index (χ1) is 13.4. The molecule has 2 atom stereocenters. The molecular weight excluding hydrogens is 392 g/mol. The van der Waals surface area contributed by atoms with Crippen LogP contribution in [0.2, 0.25) is 0 Å². The lowest BCUT2D eigenvalue weighted by Gasteiger charge is -2.39. The van der Waals surface area contributed by atoms with Gasteiger partial charge in [-0.2, -0.15) is 4.72 Å². The summed E-state index contributed by atoms with van der Waals surface area (Å²) in [7, 11) is -3.81. The summed E-state index contributed by atoms with van der Waals surface area (Å²) in [6, 6.07) is 6.48. The van der Waals surface area contributed by atoms with Gasteiger partial charge < -0.3 is 9.64 Å². The van der Waals surface area contributed by atoms with Crippen LogP contribution in [-0.4, -0.2) is 50.9 Å². The van der Waals surface area contributed by atoms with Crippen LogP contribution in [0.3, 0.4) is 0 Å². The Labute approximate surface area is 172 Å². The Kier molecular flexibility index (Phi) is 5.80. The number of nitrogens with zero attached hydrogens (tertiary/aromatic N) is 1. The van der Waals surface area contributed by atoms with E-state index < -0.39 is 22.5 Å². The lowest BCUT2D eigenvalue weighted by atomic mass is 9.65. The van der Waals surface area contributed by atoms with Crippen molar-refractivity contribution < 1.29 is 22.7 Å². The Hall–Kier alpha value is -1.93. The standard InChI is InChI=1S/C21H30N2O5S/c1-15-5-7-17(8-6-15)29(26,27)22-11-19(25)28-12-18(24)23-14-21(4)10-16(23)9-20(2,3)13-21/h5-8,16,22H,9-14H2,1-4H3/t16-,21-/m0/s1. The number of hydrogen-bond acceptors (Lipinski definition) is 5. The number of carbonyl (C=O) groups excluding carboxylic acids is 2. The summed E-state index contributed by atoms with van der Waals surface area (Å²) >= 11 is 0. The van der Waals surface area contributed by atoms with Gasteiger partial charge in [0, 0.05) is 12.6 Å². The third-order valence-corrected chi connectivity index (χ3v) is 7.25. The van der Waals surface area contributed by atoms with Gasteiger partial charge in [-0.05, 0) is 49.1 Å². The fourth-order valence-corrected chi connectivity index (χ4v) is 5.95. The smallest absolute Gasteiger partial charge is 0.321 e. The number of rotatable bonds is 6. The maximum Gasteiger partial charge on any atom is 0.321 e. The van der Waals surface area contributed by atoms with Crippen molar-refractivity contribution in [3.05, 3.63) is 29.8 Å². The quantitative estimate of drug-likeness (QED) is 0.710. The summed E-state index contributed by atoms with van der Waals surface area (Å²) in [4.78, 5) is 26.5. The first-order valence-corrected chi connectivity index (χ1v) is 11.4. The summed E-state index contributed by atoms with van der Waals surface area (Å²) in [6.45, 7) is 8.32. The number of benzene rings is 1. The molecule has 1 saturated carbocycles. The predicted molar refractivity (Wildman–Crippen MR) is 109 cm³/mol. The Morgan fingerprint density at radius 3 is 2.48 bits per heavy atom. The van der Waals surface area contributed by atoms with Gasteiger partial charge in [0.1, 0.15) is 6.54 Å². The van der Waals surface area contributed by atoms with Gasteiger partial charge in [-0.1, -0.05) is 38.5 Å². The van der Waals surface area contributed by atoms with E-state index >= 15 is 0 Å². The van der Waals surface area contributed by atoms with Gasteiger partial charge in [-0.25, -0.2) is 8.42 Å². The van der Waals surface area contributed by atoms with Crippen LogP contribution in [0.1, 0.15) is 45.6 Å². The van der Waals surface area contributed by atoms with Gasteiger partial charge in [0.05, 0.1) is 4.90 Å². The minimum Gasteiger partial charge on any atom is -0.455 e. The largest absolute Gasteiger partial charge is 0.455 e. The minimum atomic E-state index is -3.81. The molecule has 7 nitrogen and oxygen atoms in total. The SMILES string of the molecule is Cc1ccc(S(=O)(=O)NCC(=O)OCC(=O)N2C[C@@]3(C)C[C@@H]2CC(C)(C)C3)cc1. The van der Waals surface area contributed by atoms with E-state index in [4.69, 9.17) is 4.74 Å². The number of amides is 1. The van der Waals surface area contributed by atoms with Crippen molar-refractivity contribution in [1.82, 2.24) is 9.62 Å². The first kappa shape index (κ1) is 21.8. The summed E-state index contributed by atoms with van der Waals surface area (Å²) in [5.41, 5.74) is 1.23. The van der Waals surface area contributed by atoms with Crippen LogP contribution < -0.4 is 4.72 Å². The fourth-order valence-electron chi connectivity index (χ4n) is 4.98. The molecule has 0 radical (unpaired) electrons. The Morgan fingerprint density at radius 2 is 1.83 bits per heavy atom. The molecule has 2 fully saturated rings. The van der Waals surface area contributed by atoms with Gasteiger partial charge in [0.15, 0.2) is 6.61 Å². The van der Waals surface area contributed by atoms with Crippen LogP contribution in [0.25, 0.3) is 0 Å². The summed E-state index contributed by atoms with van der Waals surface area (Å²) in [5.74, 6) is -0.992. The molecule has 1 aromatic carbocycles. The summed E-state index contributed by atoms with van der Waals surface area (Å²) in [6.07, 6.45) is 2.99. The number of carbonyl (C=O) groups is 2. The second kappa shape index (κ2) is 7.72. The van der Waals surface area contributed by atoms with Crippen LogP contribution in [0.5, 0.6) is 0 Å². The molecule has 1 amide bonds. The molecule has 1 aliphatic carbocycles. The second-order valence-electron chi connectivity index (χ2n) is 9.53. The van der Waals surface area contributed by atoms with Crippen molar-refractivity contribution in [2.75, 3.05) is 19.7 Å². The van der Waals surface area contributed by atoms with Crippen molar-refractivity contribution in [3.8, 4) is 0 Å². The first-order valence-electron chi connectivity index (χ1n) is 9.91. The number of ether oxygens (including phenoxy) is 1. The number of likely N-dealkylation sites (tertiary alicyclic amines) is 1. The van der Waals surface area contributed by atoms with Gasteiger partial charge in [0.25, 0.3) is 5.91 Å². The van der Waals surface area contributed by atoms with Crippen molar-refractivity contribution in [3.63, 3.8) is 0 Å². The maximum absolute atomic E-state index is 12.6. The highest BCUT2D eigenvalue weighted by atomic mass is 32.2. The molecule has 1 saturated heterocycles. The maximum atomic E-state index is 12.6. The summed E-state index contributed by atoms with van der Waals surface area (Å²) in [5, 5.41) is 0. The molecule has 1 aliphatic heterocycles. The Balaban J connectivity index is 1.50. The Bertz CT molecular complexity index is 894. The third-order valence-electron chi connectivity index (χ3n) is 5.83. The zero-order chi connectivity index (χ0) is 21.4. The lowest BCUT2D eigenvalue weighted by Crippen LogP contribution is -2.40. The summed E-state index contributed by atoms with van der Waals surface area (Å²) < 4.78 is 31.7. The van der Waals surface area contributed by atoms with Gasteiger partial charge >= 0.3 is 5.97 Å². The van der Waals surface area contributed by atoms with E-state index in [0.29, 0.717) is 6.54 Å². The monoisotopic (exact) mass is 422 g/mol.